The maximum Gasteiger partial charge on any atom is 0.339 e. The minimum absolute atomic E-state index is 0.0277. The Bertz CT molecular complexity index is 944. The number of hydrogen-bond acceptors (Lipinski definition) is 7. The van der Waals surface area contributed by atoms with E-state index in [1.807, 2.05) is 0 Å². The molecule has 0 amide bonds. The molecule has 2 atom stereocenters. The van der Waals surface area contributed by atoms with Crippen molar-refractivity contribution >= 4 is 28.8 Å². The number of pyridine rings is 1. The van der Waals surface area contributed by atoms with Crippen LogP contribution >= 0.6 is 11.6 Å². The van der Waals surface area contributed by atoms with E-state index >= 15 is 0 Å². The summed E-state index contributed by atoms with van der Waals surface area (Å²) in [4.78, 5) is 17.9. The van der Waals surface area contributed by atoms with Gasteiger partial charge >= 0.3 is 5.97 Å². The Morgan fingerprint density at radius 3 is 2.72 bits per heavy atom. The average Bonchev–Trinajstić information content (AvgIpc) is 2.81. The fourth-order valence-corrected chi connectivity index (χ4v) is 4.26. The Kier molecular flexibility index (Phi) is 9.09. The van der Waals surface area contributed by atoms with Crippen molar-refractivity contribution in [2.45, 2.75) is 19.0 Å². The van der Waals surface area contributed by atoms with Crippen LogP contribution in [-0.4, -0.2) is 68.9 Å². The van der Waals surface area contributed by atoms with Crippen LogP contribution in [0.5, 0.6) is 0 Å². The molecule has 2 heterocycles. The molecule has 32 heavy (non-hydrogen) atoms. The van der Waals surface area contributed by atoms with Crippen LogP contribution in [0.2, 0.25) is 5.02 Å². The molecule has 0 N–H and O–H groups in total. The predicted octanol–water partition coefficient (Wildman–Crippen LogP) is 2.72. The van der Waals surface area contributed by atoms with Gasteiger partial charge in [-0.3, -0.25) is 14.1 Å². The predicted molar refractivity (Wildman–Crippen MR) is 116 cm³/mol. The molecule has 174 valence electrons. The highest BCUT2D eigenvalue weighted by atomic mass is 35.5. The van der Waals surface area contributed by atoms with Crippen LogP contribution in [0.3, 0.4) is 0 Å². The van der Waals surface area contributed by atoms with E-state index in [1.54, 1.807) is 18.2 Å². The monoisotopic (exact) mass is 484 g/mol. The summed E-state index contributed by atoms with van der Waals surface area (Å²) in [6, 6.07) is 7.55. The lowest BCUT2D eigenvalue weighted by molar-refractivity contribution is 0.0132. The second-order valence-electron chi connectivity index (χ2n) is 7.24. The van der Waals surface area contributed by atoms with E-state index in [1.165, 1.54) is 29.7 Å². The van der Waals surface area contributed by atoms with Gasteiger partial charge in [0.1, 0.15) is 5.82 Å². The normalized spacial score (nSPS) is 16.7. The van der Waals surface area contributed by atoms with Crippen molar-refractivity contribution in [3.63, 3.8) is 0 Å². The van der Waals surface area contributed by atoms with Gasteiger partial charge in [0, 0.05) is 43.1 Å². The number of morpholine rings is 1. The Hall–Kier alpha value is -1.95. The number of carbonyl (C=O) groups is 1. The lowest BCUT2D eigenvalue weighted by Gasteiger charge is -2.36. The van der Waals surface area contributed by atoms with Crippen LogP contribution in [0.25, 0.3) is 0 Å². The first-order chi connectivity index (χ1) is 15.4. The van der Waals surface area contributed by atoms with Gasteiger partial charge in [-0.25, -0.2) is 13.5 Å². The molecule has 3 rings (SSSR count). The van der Waals surface area contributed by atoms with Gasteiger partial charge in [-0.1, -0.05) is 17.7 Å². The van der Waals surface area contributed by atoms with E-state index in [2.05, 4.69) is 14.6 Å². The molecule has 1 aliphatic heterocycles. The Morgan fingerprint density at radius 1 is 1.38 bits per heavy atom. The summed E-state index contributed by atoms with van der Waals surface area (Å²) in [7, 11) is 1.28. The van der Waals surface area contributed by atoms with Crippen molar-refractivity contribution in [2.75, 3.05) is 40.0 Å². The lowest BCUT2D eigenvalue weighted by atomic mass is 10.0. The van der Waals surface area contributed by atoms with Crippen molar-refractivity contribution in [3.8, 4) is 0 Å². The number of halogens is 2. The minimum atomic E-state index is -2.48. The zero-order valence-corrected chi connectivity index (χ0v) is 19.1. The number of ether oxygens (including phenoxy) is 2. The second kappa shape index (κ2) is 11.8. The van der Waals surface area contributed by atoms with Gasteiger partial charge in [0.2, 0.25) is 0 Å². The largest absolute Gasteiger partial charge is 0.760 e. The first kappa shape index (κ1) is 24.7. The van der Waals surface area contributed by atoms with Crippen molar-refractivity contribution in [1.82, 2.24) is 14.2 Å². The van der Waals surface area contributed by atoms with E-state index in [4.69, 9.17) is 16.3 Å². The summed E-state index contributed by atoms with van der Waals surface area (Å²) < 4.78 is 48.7. The molecule has 1 saturated heterocycles. The molecule has 0 bridgehead atoms. The van der Waals surface area contributed by atoms with Gasteiger partial charge in [0.25, 0.3) is 0 Å². The molecule has 0 spiro atoms. The number of benzene rings is 1. The van der Waals surface area contributed by atoms with E-state index in [-0.39, 0.29) is 29.7 Å². The SMILES string of the molecule is COC(=O)c1ccc(CN(CCC(c2ccc(F)c(Cl)c2)N2CCOCC2)S(=O)[O-])nc1. The number of hydrogen-bond donors (Lipinski definition) is 0. The van der Waals surface area contributed by atoms with Crippen molar-refractivity contribution in [2.24, 2.45) is 0 Å². The van der Waals surface area contributed by atoms with Gasteiger partial charge in [0.05, 0.1) is 43.1 Å². The molecule has 11 heteroatoms. The summed E-state index contributed by atoms with van der Waals surface area (Å²) in [5.41, 5.74) is 1.59. The van der Waals surface area contributed by atoms with Gasteiger partial charge in [-0.05, 0) is 36.2 Å². The maximum absolute atomic E-state index is 13.7. The number of carbonyl (C=O) groups excluding carboxylic acids is 1. The van der Waals surface area contributed by atoms with Gasteiger partial charge in [-0.15, -0.1) is 0 Å². The fraction of sp³-hybridized carbons (Fsp3) is 0.429. The van der Waals surface area contributed by atoms with Crippen LogP contribution in [-0.2, 0) is 27.3 Å². The highest BCUT2D eigenvalue weighted by molar-refractivity contribution is 7.76. The third kappa shape index (κ3) is 6.53. The first-order valence-corrected chi connectivity index (χ1v) is 11.4. The standard InChI is InChI=1S/C21H25ClFN3O5S/c1-30-21(27)16-2-4-17(24-13-16)14-26(32(28)29)7-6-20(25-8-10-31-11-9-25)15-3-5-19(23)18(22)12-15/h2-5,12-13,20H,6-11,14H2,1H3,(H,28,29)/p-1. The van der Waals surface area contributed by atoms with E-state index in [0.717, 1.165) is 5.56 Å². The average molecular weight is 485 g/mol. The molecule has 2 unspecified atom stereocenters. The van der Waals surface area contributed by atoms with Crippen molar-refractivity contribution in [1.29, 1.82) is 0 Å². The van der Waals surface area contributed by atoms with Crippen LogP contribution < -0.4 is 0 Å². The zero-order chi connectivity index (χ0) is 23.1. The van der Waals surface area contributed by atoms with E-state index < -0.39 is 23.1 Å². The Morgan fingerprint density at radius 2 is 2.12 bits per heavy atom. The van der Waals surface area contributed by atoms with E-state index in [0.29, 0.717) is 38.4 Å². The number of esters is 1. The van der Waals surface area contributed by atoms with Crippen LogP contribution in [0.15, 0.2) is 36.5 Å². The molecule has 8 nitrogen and oxygen atoms in total. The molecule has 1 aromatic carbocycles. The minimum Gasteiger partial charge on any atom is -0.760 e. The highest BCUT2D eigenvalue weighted by Crippen LogP contribution is 2.29. The van der Waals surface area contributed by atoms with E-state index in [9.17, 15) is 17.9 Å². The van der Waals surface area contributed by atoms with Gasteiger partial charge < -0.3 is 14.0 Å². The molecular weight excluding hydrogens is 461 g/mol. The quantitative estimate of drug-likeness (QED) is 0.399. The number of aromatic nitrogens is 1. The third-order valence-electron chi connectivity index (χ3n) is 5.26. The highest BCUT2D eigenvalue weighted by Gasteiger charge is 2.24. The van der Waals surface area contributed by atoms with Crippen LogP contribution in [0, 0.1) is 5.82 Å². The summed E-state index contributed by atoms with van der Waals surface area (Å²) >= 11 is 3.51. The molecule has 0 radical (unpaired) electrons. The number of nitrogens with zero attached hydrogens (tertiary/aromatic N) is 3. The molecule has 1 aliphatic rings. The summed E-state index contributed by atoms with van der Waals surface area (Å²) in [5, 5.41) is 0.0277. The van der Waals surface area contributed by atoms with Gasteiger partial charge in [-0.2, -0.15) is 0 Å². The molecule has 2 aromatic rings. The summed E-state index contributed by atoms with van der Waals surface area (Å²) in [6.07, 6.45) is 1.82. The summed E-state index contributed by atoms with van der Waals surface area (Å²) in [5.74, 6) is -1.01. The molecule has 1 aromatic heterocycles. The van der Waals surface area contributed by atoms with Crippen LogP contribution in [0.1, 0.15) is 34.1 Å². The molecule has 1 fully saturated rings. The number of rotatable bonds is 9. The van der Waals surface area contributed by atoms with Crippen molar-refractivity contribution in [3.05, 3.63) is 64.2 Å². The third-order valence-corrected chi connectivity index (χ3v) is 6.28. The number of methoxy groups -OCH3 is 1. The fourth-order valence-electron chi connectivity index (χ4n) is 3.58. The molecular formula is C21H24ClFN3O5S-. The van der Waals surface area contributed by atoms with Crippen LogP contribution in [0.4, 0.5) is 4.39 Å². The maximum atomic E-state index is 13.7. The second-order valence-corrected chi connectivity index (χ2v) is 8.59. The van der Waals surface area contributed by atoms with Gasteiger partial charge in [0.15, 0.2) is 0 Å². The lowest BCUT2D eigenvalue weighted by Crippen LogP contribution is -2.40. The van der Waals surface area contributed by atoms with Crippen molar-refractivity contribution < 1.29 is 27.4 Å². The molecule has 0 aliphatic carbocycles. The Balaban J connectivity index is 1.73. The topological polar surface area (TPSA) is 95.0 Å². The molecule has 0 saturated carbocycles. The zero-order valence-electron chi connectivity index (χ0n) is 17.5. The summed E-state index contributed by atoms with van der Waals surface area (Å²) in [6.45, 7) is 2.76. The smallest absolute Gasteiger partial charge is 0.339 e. The Labute approximate surface area is 193 Å². The first-order valence-electron chi connectivity index (χ1n) is 10.0.